The lowest BCUT2D eigenvalue weighted by Crippen LogP contribution is -2.64. The fourth-order valence-electron chi connectivity index (χ4n) is 6.22. The van der Waals surface area contributed by atoms with Gasteiger partial charge in [0, 0.05) is 19.3 Å². The number of hydrogen-bond donors (Lipinski definition) is 6. The van der Waals surface area contributed by atoms with Crippen LogP contribution in [0, 0.1) is 0 Å². The number of allylic oxidation sites excluding steroid dienone is 10. The Morgan fingerprint density at radius 2 is 1.10 bits per heavy atom. The summed E-state index contributed by atoms with van der Waals surface area (Å²) in [5.41, 5.74) is 0. The van der Waals surface area contributed by atoms with Gasteiger partial charge >= 0.3 is 19.8 Å². The van der Waals surface area contributed by atoms with Crippen molar-refractivity contribution in [2.24, 2.45) is 0 Å². The molecule has 0 aromatic heterocycles. The molecule has 0 aromatic rings. The van der Waals surface area contributed by atoms with Crippen LogP contribution in [0.15, 0.2) is 60.8 Å². The van der Waals surface area contributed by atoms with Crippen molar-refractivity contribution < 1.29 is 67.9 Å². The highest BCUT2D eigenvalue weighted by Crippen LogP contribution is 2.47. The van der Waals surface area contributed by atoms with Crippen molar-refractivity contribution in [3.63, 3.8) is 0 Å². The van der Waals surface area contributed by atoms with Crippen molar-refractivity contribution >= 4 is 25.5 Å². The number of phosphoric acid groups is 1. The molecule has 1 fully saturated rings. The maximum Gasteiger partial charge on any atom is 0.472 e. The Labute approximate surface area is 358 Å². The fraction of sp³-hybridized carbons (Fsp3) is 0.711. The zero-order valence-electron chi connectivity index (χ0n) is 36.0. The first-order chi connectivity index (χ1) is 28.8. The van der Waals surface area contributed by atoms with Gasteiger partial charge in [-0.2, -0.15) is 0 Å². The van der Waals surface area contributed by atoms with Crippen molar-refractivity contribution in [2.45, 2.75) is 191 Å². The molecule has 1 rings (SSSR count). The third-order valence-corrected chi connectivity index (χ3v) is 10.8. The molecule has 6 N–H and O–H groups in total. The molecule has 15 heteroatoms. The van der Waals surface area contributed by atoms with E-state index in [9.17, 15) is 49.4 Å². The van der Waals surface area contributed by atoms with Crippen LogP contribution in [0.4, 0.5) is 0 Å². The number of esters is 2. The lowest BCUT2D eigenvalue weighted by Gasteiger charge is -2.41. The minimum absolute atomic E-state index is 0.0387. The topological polar surface area (TPSA) is 227 Å². The summed E-state index contributed by atoms with van der Waals surface area (Å²) < 4.78 is 33.4. The van der Waals surface area contributed by atoms with Crippen LogP contribution >= 0.6 is 7.82 Å². The lowest BCUT2D eigenvalue weighted by atomic mass is 9.85. The quantitative estimate of drug-likeness (QED) is 0.00915. The van der Waals surface area contributed by atoms with Gasteiger partial charge in [0.05, 0.1) is 6.61 Å². The van der Waals surface area contributed by atoms with Crippen molar-refractivity contribution in [2.75, 3.05) is 13.2 Å². The van der Waals surface area contributed by atoms with Gasteiger partial charge in [-0.25, -0.2) is 4.57 Å². The number of phosphoric ester groups is 1. The summed E-state index contributed by atoms with van der Waals surface area (Å²) in [4.78, 5) is 47.4. The normalized spacial score (nSPS) is 22.7. The van der Waals surface area contributed by atoms with Gasteiger partial charge in [-0.3, -0.25) is 23.4 Å². The lowest BCUT2D eigenvalue weighted by molar-refractivity contribution is -0.220. The van der Waals surface area contributed by atoms with Crippen LogP contribution in [0.5, 0.6) is 0 Å². The highest BCUT2D eigenvalue weighted by Gasteiger charge is 2.51. The molecular weight excluding hydrogens is 795 g/mol. The van der Waals surface area contributed by atoms with Crippen LogP contribution in [0.2, 0.25) is 0 Å². The highest BCUT2D eigenvalue weighted by atomic mass is 31.2. The van der Waals surface area contributed by atoms with Crippen molar-refractivity contribution in [3.8, 4) is 0 Å². The van der Waals surface area contributed by atoms with Gasteiger partial charge in [0.15, 0.2) is 11.9 Å². The Morgan fingerprint density at radius 1 is 0.583 bits per heavy atom. The Hall–Kier alpha value is -2.78. The number of unbranched alkanes of at least 4 members (excludes halogenated alkanes) is 12. The first-order valence-corrected chi connectivity index (χ1v) is 23.5. The molecule has 0 spiro atoms. The summed E-state index contributed by atoms with van der Waals surface area (Å²) in [6.07, 6.45) is 24.0. The molecule has 8 atom stereocenters. The average molecular weight is 871 g/mol. The van der Waals surface area contributed by atoms with Gasteiger partial charge in [-0.05, 0) is 70.3 Å². The van der Waals surface area contributed by atoms with Crippen LogP contribution in [0.25, 0.3) is 0 Å². The summed E-state index contributed by atoms with van der Waals surface area (Å²) in [6.45, 7) is 2.97. The zero-order chi connectivity index (χ0) is 44.4. The van der Waals surface area contributed by atoms with Crippen molar-refractivity contribution in [1.29, 1.82) is 0 Å². The first kappa shape index (κ1) is 55.2. The summed E-state index contributed by atoms with van der Waals surface area (Å²) in [6, 6.07) is 0. The Kier molecular flexibility index (Phi) is 32.0. The second-order valence-electron chi connectivity index (χ2n) is 15.2. The van der Waals surface area contributed by atoms with Gasteiger partial charge in [-0.15, -0.1) is 0 Å². The molecule has 0 aliphatic heterocycles. The van der Waals surface area contributed by atoms with E-state index < -0.39 is 75.7 Å². The number of aliphatic hydroxyl groups excluding tert-OH is 5. The molecule has 0 aromatic carbocycles. The monoisotopic (exact) mass is 870 g/mol. The first-order valence-electron chi connectivity index (χ1n) is 22.0. The third kappa shape index (κ3) is 27.2. The molecule has 344 valence electrons. The predicted octanol–water partition coefficient (Wildman–Crippen LogP) is 7.34. The minimum Gasteiger partial charge on any atom is -0.462 e. The minimum atomic E-state index is -5.14. The van der Waals surface area contributed by atoms with E-state index >= 15 is 0 Å². The number of ether oxygens (including phenoxy) is 2. The average Bonchev–Trinajstić information content (AvgIpc) is 3.22. The largest absolute Gasteiger partial charge is 0.472 e. The molecule has 0 saturated heterocycles. The summed E-state index contributed by atoms with van der Waals surface area (Å²) in [5.74, 6) is -1.05. The molecule has 0 amide bonds. The predicted molar refractivity (Wildman–Crippen MR) is 231 cm³/mol. The van der Waals surface area contributed by atoms with E-state index in [-0.39, 0.29) is 18.6 Å². The smallest absolute Gasteiger partial charge is 0.462 e. The van der Waals surface area contributed by atoms with Crippen LogP contribution < -0.4 is 0 Å². The standard InChI is InChI=1S/C45H75O14P/c1-3-5-7-8-9-10-11-12-13-14-15-18-21-24-28-32-38(47)56-34-37(35-57-60(54,55)59-45-43(52)41(50)40(49)42(51)44(45)53)58-39(48)33-29-25-22-19-16-17-20-23-27-31-36(46)30-26-6-4-2/h5,7,9-10,12-13,20,23,27,31,37,40-45,49-53H,3-4,6,8,11,14-19,21-22,24-26,28-30,32-35H2,1-2H3,(H,54,55)/b7-5-,10-9-,13-12-,23-20-,31-27+/t37-,40?,41-,42+,43-,44-,45?/m1/s1. The van der Waals surface area contributed by atoms with Gasteiger partial charge in [0.1, 0.15) is 43.2 Å². The molecule has 14 nitrogen and oxygen atoms in total. The SMILES string of the molecule is CC/C=C\C/C=C\C/C=C\CCCCCCCC(=O)OC[C@H](COP(=O)(O)OC1[C@H](O)[C@H](O)C(O)[C@H](O)[C@H]1O)OC(=O)CCCCCCC/C=C\C=C\C(=O)CCCCC. The molecule has 60 heavy (non-hydrogen) atoms. The van der Waals surface area contributed by atoms with E-state index in [1.807, 2.05) is 12.2 Å². The van der Waals surface area contributed by atoms with E-state index in [0.717, 1.165) is 103 Å². The molecule has 1 aliphatic rings. The highest BCUT2D eigenvalue weighted by molar-refractivity contribution is 7.47. The van der Waals surface area contributed by atoms with Gasteiger partial charge < -0.3 is 39.9 Å². The molecule has 0 bridgehead atoms. The number of ketones is 1. The van der Waals surface area contributed by atoms with E-state index in [1.54, 1.807) is 12.2 Å². The Balaban J connectivity index is 2.53. The Bertz CT molecular complexity index is 1340. The zero-order valence-corrected chi connectivity index (χ0v) is 36.9. The van der Waals surface area contributed by atoms with Crippen molar-refractivity contribution in [3.05, 3.63) is 60.8 Å². The summed E-state index contributed by atoms with van der Waals surface area (Å²) >= 11 is 0. The number of carbonyl (C=O) groups excluding carboxylic acids is 3. The van der Waals surface area contributed by atoms with Gasteiger partial charge in [0.25, 0.3) is 0 Å². The number of hydrogen-bond acceptors (Lipinski definition) is 13. The number of aliphatic hydroxyl groups is 5. The molecular formula is C45H75O14P. The van der Waals surface area contributed by atoms with Crippen LogP contribution in [-0.2, 0) is 37.5 Å². The fourth-order valence-corrected chi connectivity index (χ4v) is 7.20. The van der Waals surface area contributed by atoms with Crippen LogP contribution in [-0.4, -0.2) is 104 Å². The second kappa shape index (κ2) is 34.8. The molecule has 3 unspecified atom stereocenters. The van der Waals surface area contributed by atoms with E-state index in [0.29, 0.717) is 19.3 Å². The summed E-state index contributed by atoms with van der Waals surface area (Å²) in [5, 5.41) is 50.1. The molecule has 0 radical (unpaired) electrons. The third-order valence-electron chi connectivity index (χ3n) is 9.82. The number of carbonyl (C=O) groups is 3. The summed E-state index contributed by atoms with van der Waals surface area (Å²) in [7, 11) is -5.14. The van der Waals surface area contributed by atoms with Gasteiger partial charge in [-0.1, -0.05) is 120 Å². The molecule has 1 aliphatic carbocycles. The maximum absolute atomic E-state index is 12.8. The second-order valence-corrected chi connectivity index (χ2v) is 16.6. The van der Waals surface area contributed by atoms with Crippen LogP contribution in [0.1, 0.15) is 149 Å². The van der Waals surface area contributed by atoms with Gasteiger partial charge in [0.2, 0.25) is 0 Å². The maximum atomic E-state index is 12.8. The van der Waals surface area contributed by atoms with Crippen molar-refractivity contribution in [1.82, 2.24) is 0 Å². The van der Waals surface area contributed by atoms with E-state index in [1.165, 1.54) is 0 Å². The number of rotatable bonds is 35. The molecule has 1 saturated carbocycles. The van der Waals surface area contributed by atoms with E-state index in [2.05, 4.69) is 50.3 Å². The Morgan fingerprint density at radius 3 is 1.72 bits per heavy atom. The molecule has 0 heterocycles. The van der Waals surface area contributed by atoms with E-state index in [4.69, 9.17) is 18.5 Å². The van der Waals surface area contributed by atoms with Crippen LogP contribution in [0.3, 0.4) is 0 Å².